The van der Waals surface area contributed by atoms with Crippen molar-refractivity contribution in [2.75, 3.05) is 20.1 Å². The van der Waals surface area contributed by atoms with Gasteiger partial charge in [0.15, 0.2) is 12.4 Å². The number of hydrogen-bond donors (Lipinski definition) is 0. The molecule has 0 aromatic rings. The number of alkyl halides is 1. The number of likely N-dealkylation sites (N-methyl/N-ethyl adjacent to an activating group) is 1. The Morgan fingerprint density at radius 2 is 2.35 bits per heavy atom. The van der Waals surface area contributed by atoms with Crippen LogP contribution >= 0.6 is 11.6 Å². The Morgan fingerprint density at radius 3 is 3.12 bits per heavy atom. The maximum Gasteiger partial charge on any atom is 0.177 e. The molecule has 0 aromatic heterocycles. The summed E-state index contributed by atoms with van der Waals surface area (Å²) < 4.78 is 5.67. The van der Waals surface area contributed by atoms with Crippen LogP contribution in [0.4, 0.5) is 0 Å². The summed E-state index contributed by atoms with van der Waals surface area (Å²) in [5.74, 6) is 0.843. The van der Waals surface area contributed by atoms with E-state index in [4.69, 9.17) is 16.3 Å². The standard InChI is InChI=1S/C13H14ClNO2/c1-15-5-4-8-10(14)2-3-11-13(8)9(6-15)12(7-16)17-11/h3-4,7,10,12H,2,5-6H2,1H3. The molecule has 3 nitrogen and oxygen atoms in total. The van der Waals surface area contributed by atoms with Gasteiger partial charge in [0.05, 0.1) is 5.38 Å². The highest BCUT2D eigenvalue weighted by molar-refractivity contribution is 6.23. The van der Waals surface area contributed by atoms with Crippen molar-refractivity contribution >= 4 is 17.9 Å². The van der Waals surface area contributed by atoms with Gasteiger partial charge in [0, 0.05) is 24.2 Å². The number of carbonyl (C=O) groups excluding carboxylic acids is 1. The van der Waals surface area contributed by atoms with Gasteiger partial charge in [-0.1, -0.05) is 6.08 Å². The predicted molar refractivity (Wildman–Crippen MR) is 65.9 cm³/mol. The Kier molecular flexibility index (Phi) is 2.60. The van der Waals surface area contributed by atoms with E-state index < -0.39 is 6.10 Å². The summed E-state index contributed by atoms with van der Waals surface area (Å²) in [6.07, 6.45) is 5.38. The summed E-state index contributed by atoms with van der Waals surface area (Å²) in [7, 11) is 2.04. The smallest absolute Gasteiger partial charge is 0.177 e. The van der Waals surface area contributed by atoms with Gasteiger partial charge in [0.2, 0.25) is 0 Å². The minimum Gasteiger partial charge on any atom is -0.478 e. The highest BCUT2D eigenvalue weighted by Gasteiger charge is 2.38. The molecular weight excluding hydrogens is 238 g/mol. The van der Waals surface area contributed by atoms with Crippen LogP contribution in [0.3, 0.4) is 0 Å². The number of hydrogen-bond acceptors (Lipinski definition) is 3. The Hall–Kier alpha value is -1.06. The van der Waals surface area contributed by atoms with E-state index in [1.54, 1.807) is 0 Å². The molecule has 90 valence electrons. The van der Waals surface area contributed by atoms with Crippen LogP contribution in [-0.2, 0) is 9.53 Å². The van der Waals surface area contributed by atoms with Crippen LogP contribution in [0.25, 0.3) is 0 Å². The van der Waals surface area contributed by atoms with Crippen molar-refractivity contribution in [2.45, 2.75) is 17.9 Å². The molecule has 0 saturated carbocycles. The maximum atomic E-state index is 11.1. The Labute approximate surface area is 105 Å². The zero-order valence-electron chi connectivity index (χ0n) is 9.65. The van der Waals surface area contributed by atoms with Gasteiger partial charge in [-0.3, -0.25) is 9.69 Å². The van der Waals surface area contributed by atoms with E-state index in [0.29, 0.717) is 0 Å². The zero-order chi connectivity index (χ0) is 12.0. The second-order valence-electron chi connectivity index (χ2n) is 4.70. The molecular formula is C13H14ClNO2. The summed E-state index contributed by atoms with van der Waals surface area (Å²) in [6, 6.07) is 0. The van der Waals surface area contributed by atoms with Gasteiger partial charge < -0.3 is 4.74 Å². The number of carbonyl (C=O) groups is 1. The minimum atomic E-state index is -0.429. The predicted octanol–water partition coefficient (Wildman–Crippen LogP) is 1.65. The molecule has 2 aliphatic heterocycles. The molecule has 17 heavy (non-hydrogen) atoms. The fraction of sp³-hybridized carbons (Fsp3) is 0.462. The van der Waals surface area contributed by atoms with Crippen LogP contribution < -0.4 is 0 Å². The molecule has 1 aliphatic carbocycles. The summed E-state index contributed by atoms with van der Waals surface area (Å²) in [6.45, 7) is 1.63. The molecule has 2 heterocycles. The van der Waals surface area contributed by atoms with Gasteiger partial charge in [-0.25, -0.2) is 0 Å². The zero-order valence-corrected chi connectivity index (χ0v) is 10.4. The maximum absolute atomic E-state index is 11.1. The molecule has 0 spiro atoms. The number of nitrogens with zero attached hydrogens (tertiary/aromatic N) is 1. The average molecular weight is 252 g/mol. The van der Waals surface area contributed by atoms with Crippen LogP contribution in [0.5, 0.6) is 0 Å². The van der Waals surface area contributed by atoms with E-state index in [-0.39, 0.29) is 5.38 Å². The Balaban J connectivity index is 2.15. The van der Waals surface area contributed by atoms with Crippen molar-refractivity contribution in [1.29, 1.82) is 0 Å². The van der Waals surface area contributed by atoms with Crippen molar-refractivity contribution in [3.05, 3.63) is 34.6 Å². The molecule has 0 bridgehead atoms. The van der Waals surface area contributed by atoms with E-state index in [1.165, 1.54) is 0 Å². The largest absolute Gasteiger partial charge is 0.478 e. The van der Waals surface area contributed by atoms with Gasteiger partial charge >= 0.3 is 0 Å². The van der Waals surface area contributed by atoms with Crippen molar-refractivity contribution in [3.63, 3.8) is 0 Å². The van der Waals surface area contributed by atoms with Gasteiger partial charge in [-0.15, -0.1) is 11.6 Å². The van der Waals surface area contributed by atoms with Crippen molar-refractivity contribution in [1.82, 2.24) is 4.90 Å². The molecule has 2 unspecified atom stereocenters. The fourth-order valence-electron chi connectivity index (χ4n) is 2.66. The van der Waals surface area contributed by atoms with Crippen molar-refractivity contribution < 1.29 is 9.53 Å². The lowest BCUT2D eigenvalue weighted by Crippen LogP contribution is -2.25. The van der Waals surface area contributed by atoms with Crippen LogP contribution in [0.1, 0.15) is 6.42 Å². The molecule has 0 fully saturated rings. The van der Waals surface area contributed by atoms with E-state index >= 15 is 0 Å². The first-order valence-corrected chi connectivity index (χ1v) is 6.23. The molecule has 4 heteroatoms. The van der Waals surface area contributed by atoms with Gasteiger partial charge in [-0.2, -0.15) is 0 Å². The van der Waals surface area contributed by atoms with Crippen LogP contribution in [0, 0.1) is 0 Å². The first-order chi connectivity index (χ1) is 8.20. The van der Waals surface area contributed by atoms with E-state index in [2.05, 4.69) is 11.0 Å². The second-order valence-corrected chi connectivity index (χ2v) is 5.23. The molecule has 3 rings (SSSR count). The Morgan fingerprint density at radius 1 is 1.53 bits per heavy atom. The topological polar surface area (TPSA) is 29.5 Å². The number of ether oxygens (including phenoxy) is 1. The summed E-state index contributed by atoms with van der Waals surface area (Å²) in [4.78, 5) is 13.3. The summed E-state index contributed by atoms with van der Waals surface area (Å²) in [5, 5.41) is 0.00394. The highest BCUT2D eigenvalue weighted by Crippen LogP contribution is 2.42. The summed E-state index contributed by atoms with van der Waals surface area (Å²) in [5.41, 5.74) is 3.27. The molecule has 0 amide bonds. The van der Waals surface area contributed by atoms with Crippen LogP contribution in [0.2, 0.25) is 0 Å². The van der Waals surface area contributed by atoms with E-state index in [9.17, 15) is 4.79 Å². The second kappa shape index (κ2) is 4.00. The molecule has 0 N–H and O–H groups in total. The Bertz CT molecular complexity index is 464. The molecule has 0 aromatic carbocycles. The molecule has 2 atom stereocenters. The normalized spacial score (nSPS) is 32.4. The fourth-order valence-corrected chi connectivity index (χ4v) is 2.94. The van der Waals surface area contributed by atoms with Crippen LogP contribution in [0.15, 0.2) is 34.6 Å². The third-order valence-electron chi connectivity index (χ3n) is 3.49. The van der Waals surface area contributed by atoms with Gasteiger partial charge in [0.1, 0.15) is 5.76 Å². The lowest BCUT2D eigenvalue weighted by atomic mass is 9.90. The number of aldehydes is 1. The SMILES string of the molecule is CN1CC=C2C3=C(C1)C(C=O)OC3=CCC2Cl. The highest BCUT2D eigenvalue weighted by atomic mass is 35.5. The first kappa shape index (κ1) is 11.1. The van der Waals surface area contributed by atoms with Gasteiger partial charge in [0.25, 0.3) is 0 Å². The van der Waals surface area contributed by atoms with E-state index in [0.717, 1.165) is 48.3 Å². The minimum absolute atomic E-state index is 0.00394. The molecule has 0 radical (unpaired) electrons. The molecule has 3 aliphatic rings. The quantitative estimate of drug-likeness (QED) is 0.524. The van der Waals surface area contributed by atoms with Gasteiger partial charge in [-0.05, 0) is 25.1 Å². The monoisotopic (exact) mass is 251 g/mol. The van der Waals surface area contributed by atoms with Crippen LogP contribution in [-0.4, -0.2) is 42.8 Å². The van der Waals surface area contributed by atoms with Crippen molar-refractivity contribution in [3.8, 4) is 0 Å². The third-order valence-corrected chi connectivity index (χ3v) is 3.90. The van der Waals surface area contributed by atoms with E-state index in [1.807, 2.05) is 13.1 Å². The average Bonchev–Trinajstić information content (AvgIpc) is 2.56. The van der Waals surface area contributed by atoms with Crippen molar-refractivity contribution in [2.24, 2.45) is 0 Å². The number of halogens is 1. The number of allylic oxidation sites excluding steroid dienone is 2. The first-order valence-electron chi connectivity index (χ1n) is 5.79. The lowest BCUT2D eigenvalue weighted by Gasteiger charge is -2.20. The summed E-state index contributed by atoms with van der Waals surface area (Å²) >= 11 is 6.35. The molecule has 0 saturated heterocycles. The number of rotatable bonds is 1. The lowest BCUT2D eigenvalue weighted by molar-refractivity contribution is -0.113. The third kappa shape index (κ3) is 1.65.